The lowest BCUT2D eigenvalue weighted by molar-refractivity contribution is 0.0950. The van der Waals surface area contributed by atoms with Crippen molar-refractivity contribution < 1.29 is 4.79 Å². The number of hydrogen-bond donors (Lipinski definition) is 1. The topological polar surface area (TPSA) is 32.3 Å². The van der Waals surface area contributed by atoms with Gasteiger partial charge in [-0.25, -0.2) is 0 Å². The third kappa shape index (κ3) is 5.18. The number of carbonyl (C=O) groups is 1. The number of hydrogen-bond acceptors (Lipinski definition) is 2. The fourth-order valence-corrected chi connectivity index (χ4v) is 3.10. The van der Waals surface area contributed by atoms with Gasteiger partial charge in [-0.1, -0.05) is 54.0 Å². The molecule has 0 spiro atoms. The van der Waals surface area contributed by atoms with Crippen LogP contribution in [0.2, 0.25) is 0 Å². The predicted molar refractivity (Wildman–Crippen MR) is 103 cm³/mol. The highest BCUT2D eigenvalue weighted by Gasteiger charge is 2.09. The summed E-state index contributed by atoms with van der Waals surface area (Å²) in [4.78, 5) is 14.7. The first kappa shape index (κ1) is 18.7. The monoisotopic (exact) mass is 388 g/mol. The van der Waals surface area contributed by atoms with E-state index in [1.165, 1.54) is 5.56 Å². The lowest BCUT2D eigenvalue weighted by Crippen LogP contribution is -2.24. The fraction of sp³-hybridized carbons (Fsp3) is 0.350. The molecule has 0 heterocycles. The van der Waals surface area contributed by atoms with Crippen LogP contribution in [0.3, 0.4) is 0 Å². The van der Waals surface area contributed by atoms with Crippen LogP contribution in [-0.2, 0) is 13.1 Å². The van der Waals surface area contributed by atoms with E-state index in [0.29, 0.717) is 6.54 Å². The van der Waals surface area contributed by atoms with E-state index in [-0.39, 0.29) is 5.91 Å². The molecule has 0 saturated heterocycles. The third-order valence-corrected chi connectivity index (χ3v) is 4.70. The Labute approximate surface area is 153 Å². The lowest BCUT2D eigenvalue weighted by atomic mass is 10.1. The number of benzene rings is 2. The van der Waals surface area contributed by atoms with Crippen LogP contribution in [0.5, 0.6) is 0 Å². The highest BCUT2D eigenvalue weighted by atomic mass is 79.9. The molecule has 1 amide bonds. The van der Waals surface area contributed by atoms with Crippen molar-refractivity contribution in [2.75, 3.05) is 13.1 Å². The maximum absolute atomic E-state index is 12.3. The number of nitrogens with one attached hydrogen (secondary N) is 1. The van der Waals surface area contributed by atoms with Crippen molar-refractivity contribution in [1.82, 2.24) is 10.2 Å². The first-order chi connectivity index (χ1) is 11.5. The van der Waals surface area contributed by atoms with Gasteiger partial charge in [0.2, 0.25) is 0 Å². The second-order valence-corrected chi connectivity index (χ2v) is 6.84. The SMILES string of the molecule is CCN(CC)Cc1ccc(CNC(=O)c2ccc(Br)cc2C)cc1. The van der Waals surface area contributed by atoms with E-state index in [0.717, 1.165) is 40.8 Å². The molecule has 128 valence electrons. The number of rotatable bonds is 7. The summed E-state index contributed by atoms with van der Waals surface area (Å²) in [5.41, 5.74) is 4.10. The zero-order valence-corrected chi connectivity index (χ0v) is 16.2. The molecule has 3 nitrogen and oxygen atoms in total. The minimum absolute atomic E-state index is 0.0350. The Balaban J connectivity index is 1.93. The number of halogens is 1. The molecule has 2 aromatic rings. The van der Waals surface area contributed by atoms with Crippen molar-refractivity contribution in [3.8, 4) is 0 Å². The van der Waals surface area contributed by atoms with E-state index >= 15 is 0 Å². The van der Waals surface area contributed by atoms with Gasteiger partial charge in [0.15, 0.2) is 0 Å². The minimum atomic E-state index is -0.0350. The van der Waals surface area contributed by atoms with Gasteiger partial charge in [-0.3, -0.25) is 9.69 Å². The molecular formula is C20H25BrN2O. The average molecular weight is 389 g/mol. The van der Waals surface area contributed by atoms with Crippen LogP contribution in [-0.4, -0.2) is 23.9 Å². The summed E-state index contributed by atoms with van der Waals surface area (Å²) in [5.74, 6) is -0.0350. The van der Waals surface area contributed by atoms with Gasteiger partial charge in [-0.05, 0) is 54.9 Å². The van der Waals surface area contributed by atoms with Crippen molar-refractivity contribution in [3.05, 3.63) is 69.2 Å². The van der Waals surface area contributed by atoms with Crippen LogP contribution in [0.15, 0.2) is 46.9 Å². The molecule has 0 unspecified atom stereocenters. The summed E-state index contributed by atoms with van der Waals surface area (Å²) < 4.78 is 0.986. The summed E-state index contributed by atoms with van der Waals surface area (Å²) in [7, 11) is 0. The Morgan fingerprint density at radius 2 is 1.67 bits per heavy atom. The number of aryl methyl sites for hydroxylation is 1. The standard InChI is InChI=1S/C20H25BrN2O/c1-4-23(5-2)14-17-8-6-16(7-9-17)13-22-20(24)19-11-10-18(21)12-15(19)3/h6-12H,4-5,13-14H2,1-3H3,(H,22,24). The van der Waals surface area contributed by atoms with Gasteiger partial charge in [0.1, 0.15) is 0 Å². The van der Waals surface area contributed by atoms with E-state index < -0.39 is 0 Å². The molecule has 0 aliphatic carbocycles. The molecule has 2 aromatic carbocycles. The summed E-state index contributed by atoms with van der Waals surface area (Å²) in [5, 5.41) is 2.99. The first-order valence-corrected chi connectivity index (χ1v) is 9.17. The van der Waals surface area contributed by atoms with Gasteiger partial charge < -0.3 is 5.32 Å². The van der Waals surface area contributed by atoms with Gasteiger partial charge in [-0.2, -0.15) is 0 Å². The molecule has 4 heteroatoms. The fourth-order valence-electron chi connectivity index (χ4n) is 2.63. The second-order valence-electron chi connectivity index (χ2n) is 5.92. The molecule has 0 bridgehead atoms. The molecule has 0 atom stereocenters. The van der Waals surface area contributed by atoms with Crippen molar-refractivity contribution in [1.29, 1.82) is 0 Å². The Hall–Kier alpha value is -1.65. The van der Waals surface area contributed by atoms with E-state index in [4.69, 9.17) is 0 Å². The largest absolute Gasteiger partial charge is 0.348 e. The van der Waals surface area contributed by atoms with Crippen LogP contribution in [0, 0.1) is 6.92 Å². The predicted octanol–water partition coefficient (Wildman–Crippen LogP) is 4.53. The molecule has 24 heavy (non-hydrogen) atoms. The van der Waals surface area contributed by atoms with E-state index in [1.807, 2.05) is 25.1 Å². The van der Waals surface area contributed by atoms with E-state index in [1.54, 1.807) is 0 Å². The van der Waals surface area contributed by atoms with Crippen LogP contribution in [0.25, 0.3) is 0 Å². The minimum Gasteiger partial charge on any atom is -0.348 e. The number of carbonyl (C=O) groups excluding carboxylic acids is 1. The molecule has 0 saturated carbocycles. The maximum Gasteiger partial charge on any atom is 0.251 e. The lowest BCUT2D eigenvalue weighted by Gasteiger charge is -2.18. The van der Waals surface area contributed by atoms with Crippen molar-refractivity contribution in [3.63, 3.8) is 0 Å². The van der Waals surface area contributed by atoms with E-state index in [9.17, 15) is 4.79 Å². The molecule has 0 aliphatic rings. The summed E-state index contributed by atoms with van der Waals surface area (Å²) >= 11 is 3.42. The molecule has 0 radical (unpaired) electrons. The van der Waals surface area contributed by atoms with Crippen LogP contribution >= 0.6 is 15.9 Å². The summed E-state index contributed by atoms with van der Waals surface area (Å²) in [6.07, 6.45) is 0. The Morgan fingerprint density at radius 3 is 2.25 bits per heavy atom. The average Bonchev–Trinajstić information content (AvgIpc) is 2.58. The molecule has 1 N–H and O–H groups in total. The summed E-state index contributed by atoms with van der Waals surface area (Å²) in [6.45, 7) is 9.93. The third-order valence-electron chi connectivity index (χ3n) is 4.21. The molecule has 0 fully saturated rings. The van der Waals surface area contributed by atoms with Gasteiger partial charge in [0.05, 0.1) is 0 Å². The van der Waals surface area contributed by atoms with Crippen LogP contribution < -0.4 is 5.32 Å². The second kappa shape index (κ2) is 9.00. The van der Waals surface area contributed by atoms with Gasteiger partial charge in [-0.15, -0.1) is 0 Å². The maximum atomic E-state index is 12.3. The summed E-state index contributed by atoms with van der Waals surface area (Å²) in [6, 6.07) is 14.2. The number of nitrogens with zero attached hydrogens (tertiary/aromatic N) is 1. The molecule has 0 aromatic heterocycles. The van der Waals surface area contributed by atoms with Crippen molar-refractivity contribution in [2.45, 2.75) is 33.9 Å². The highest BCUT2D eigenvalue weighted by Crippen LogP contribution is 2.16. The van der Waals surface area contributed by atoms with Gasteiger partial charge >= 0.3 is 0 Å². The molecular weight excluding hydrogens is 364 g/mol. The van der Waals surface area contributed by atoms with Crippen LogP contribution in [0.4, 0.5) is 0 Å². The van der Waals surface area contributed by atoms with Gasteiger partial charge in [0, 0.05) is 23.1 Å². The highest BCUT2D eigenvalue weighted by molar-refractivity contribution is 9.10. The zero-order valence-electron chi connectivity index (χ0n) is 14.6. The zero-order chi connectivity index (χ0) is 17.5. The Bertz CT molecular complexity index is 679. The van der Waals surface area contributed by atoms with Crippen LogP contribution in [0.1, 0.15) is 40.9 Å². The number of amides is 1. The Morgan fingerprint density at radius 1 is 1.04 bits per heavy atom. The quantitative estimate of drug-likeness (QED) is 0.755. The van der Waals surface area contributed by atoms with Crippen molar-refractivity contribution >= 4 is 21.8 Å². The van der Waals surface area contributed by atoms with Crippen molar-refractivity contribution in [2.24, 2.45) is 0 Å². The van der Waals surface area contributed by atoms with E-state index in [2.05, 4.69) is 64.3 Å². The molecule has 0 aliphatic heterocycles. The Kier molecular flexibility index (Phi) is 7.00. The first-order valence-electron chi connectivity index (χ1n) is 8.38. The molecule has 2 rings (SSSR count). The normalized spacial score (nSPS) is 10.9. The smallest absolute Gasteiger partial charge is 0.251 e. The van der Waals surface area contributed by atoms with Gasteiger partial charge in [0.25, 0.3) is 5.91 Å².